The number of rotatable bonds is 8. The zero-order chi connectivity index (χ0) is 15.1. The van der Waals surface area contributed by atoms with Crippen molar-refractivity contribution in [1.82, 2.24) is 14.9 Å². The van der Waals surface area contributed by atoms with E-state index in [1.54, 1.807) is 0 Å². The van der Waals surface area contributed by atoms with Crippen LogP contribution in [0, 0.1) is 0 Å². The fraction of sp³-hybridized carbons (Fsp3) is 0.667. The van der Waals surface area contributed by atoms with Gasteiger partial charge in [0, 0.05) is 25.5 Å². The highest BCUT2D eigenvalue weighted by atomic mass is 16.5. The Labute approximate surface area is 125 Å². The lowest BCUT2D eigenvalue weighted by atomic mass is 10.1. The minimum absolute atomic E-state index is 0.0373. The van der Waals surface area contributed by atoms with E-state index in [0.717, 1.165) is 24.9 Å². The predicted molar refractivity (Wildman–Crippen MR) is 79.9 cm³/mol. The molecule has 21 heavy (non-hydrogen) atoms. The van der Waals surface area contributed by atoms with Crippen LogP contribution in [0.2, 0.25) is 0 Å². The van der Waals surface area contributed by atoms with Gasteiger partial charge in [0.2, 0.25) is 5.91 Å². The van der Waals surface area contributed by atoms with Crippen LogP contribution in [-0.4, -0.2) is 46.5 Å². The van der Waals surface area contributed by atoms with E-state index in [-0.39, 0.29) is 18.6 Å². The number of ether oxygens (including phenoxy) is 1. The number of aromatic nitrogens is 2. The van der Waals surface area contributed by atoms with E-state index in [4.69, 9.17) is 10.5 Å². The number of hydrogen-bond donors (Lipinski definition) is 1. The smallest absolute Gasteiger partial charge is 0.316 e. The molecule has 1 amide bonds. The number of amides is 1. The first-order chi connectivity index (χ1) is 10.2. The molecule has 1 aliphatic heterocycles. The molecule has 1 atom stereocenters. The Hall–Kier alpha value is -1.69. The average Bonchev–Trinajstić information content (AvgIpc) is 2.87. The van der Waals surface area contributed by atoms with Gasteiger partial charge in [0.1, 0.15) is 6.10 Å². The topological polar surface area (TPSA) is 81.3 Å². The van der Waals surface area contributed by atoms with Crippen LogP contribution in [-0.2, 0) is 11.2 Å². The molecule has 0 spiro atoms. The average molecular weight is 292 g/mol. The van der Waals surface area contributed by atoms with Crippen LogP contribution < -0.4 is 10.5 Å². The molecule has 2 N–H and O–H groups in total. The van der Waals surface area contributed by atoms with Gasteiger partial charge in [-0.1, -0.05) is 19.8 Å². The minimum atomic E-state index is -0.302. The first-order valence-electron chi connectivity index (χ1n) is 7.65. The Morgan fingerprint density at radius 3 is 2.86 bits per heavy atom. The number of primary amides is 1. The van der Waals surface area contributed by atoms with Gasteiger partial charge in [0.05, 0.1) is 6.54 Å². The van der Waals surface area contributed by atoms with Crippen LogP contribution >= 0.6 is 0 Å². The Balaban J connectivity index is 1.77. The molecule has 1 aliphatic rings. The summed E-state index contributed by atoms with van der Waals surface area (Å²) in [5.41, 5.74) is 6.34. The van der Waals surface area contributed by atoms with Crippen LogP contribution in [0.1, 0.15) is 38.2 Å². The third kappa shape index (κ3) is 5.30. The van der Waals surface area contributed by atoms with Crippen molar-refractivity contribution in [1.29, 1.82) is 0 Å². The van der Waals surface area contributed by atoms with E-state index >= 15 is 0 Å². The number of nitrogens with zero attached hydrogens (tertiary/aromatic N) is 3. The molecule has 1 saturated heterocycles. The lowest BCUT2D eigenvalue weighted by Crippen LogP contribution is -2.33. The number of carbonyl (C=O) groups is 1. The lowest BCUT2D eigenvalue weighted by molar-refractivity contribution is -0.118. The van der Waals surface area contributed by atoms with Gasteiger partial charge in [0.15, 0.2) is 0 Å². The molecule has 2 rings (SSSR count). The van der Waals surface area contributed by atoms with Gasteiger partial charge in [-0.2, -0.15) is 0 Å². The van der Waals surface area contributed by atoms with E-state index in [1.165, 1.54) is 19.3 Å². The van der Waals surface area contributed by atoms with Crippen LogP contribution in [0.25, 0.3) is 0 Å². The molecular formula is C15H24N4O2. The highest BCUT2D eigenvalue weighted by Crippen LogP contribution is 2.15. The van der Waals surface area contributed by atoms with E-state index in [1.807, 2.05) is 17.3 Å². The second-order valence-corrected chi connectivity index (χ2v) is 5.56. The van der Waals surface area contributed by atoms with E-state index in [0.29, 0.717) is 12.6 Å². The largest absolute Gasteiger partial charge is 0.459 e. The number of hydrogen-bond acceptors (Lipinski definition) is 5. The normalized spacial score (nSPS) is 18.8. The minimum Gasteiger partial charge on any atom is -0.459 e. The van der Waals surface area contributed by atoms with Gasteiger partial charge in [-0.3, -0.25) is 9.69 Å². The summed E-state index contributed by atoms with van der Waals surface area (Å²) < 4.78 is 5.75. The van der Waals surface area contributed by atoms with Gasteiger partial charge < -0.3 is 10.5 Å². The number of carbonyl (C=O) groups excluding carboxylic acids is 1. The van der Waals surface area contributed by atoms with Crippen molar-refractivity contribution in [3.63, 3.8) is 0 Å². The second kappa shape index (κ2) is 7.93. The van der Waals surface area contributed by atoms with Crippen molar-refractivity contribution in [3.05, 3.63) is 18.0 Å². The SMILES string of the molecule is CCCCCc1cnc(OC2CCN(CC(N)=O)C2)nc1. The third-order valence-electron chi connectivity index (χ3n) is 3.63. The van der Waals surface area contributed by atoms with E-state index < -0.39 is 0 Å². The van der Waals surface area contributed by atoms with Gasteiger partial charge in [-0.05, 0) is 24.8 Å². The van der Waals surface area contributed by atoms with Crippen LogP contribution in [0.3, 0.4) is 0 Å². The van der Waals surface area contributed by atoms with E-state index in [2.05, 4.69) is 16.9 Å². The molecule has 0 radical (unpaired) electrons. The monoisotopic (exact) mass is 292 g/mol. The Bertz CT molecular complexity index is 449. The maximum atomic E-state index is 10.9. The Morgan fingerprint density at radius 2 is 2.19 bits per heavy atom. The van der Waals surface area contributed by atoms with Gasteiger partial charge in [-0.15, -0.1) is 0 Å². The van der Waals surface area contributed by atoms with Gasteiger partial charge in [0.25, 0.3) is 0 Å². The number of nitrogens with two attached hydrogens (primary N) is 1. The third-order valence-corrected chi connectivity index (χ3v) is 3.63. The molecule has 6 nitrogen and oxygen atoms in total. The Kier molecular flexibility index (Phi) is 5.92. The lowest BCUT2D eigenvalue weighted by Gasteiger charge is -2.14. The van der Waals surface area contributed by atoms with Gasteiger partial charge >= 0.3 is 6.01 Å². The van der Waals surface area contributed by atoms with Crippen molar-refractivity contribution in [2.24, 2.45) is 5.73 Å². The molecule has 0 bridgehead atoms. The highest BCUT2D eigenvalue weighted by molar-refractivity contribution is 5.75. The van der Waals surface area contributed by atoms with Crippen LogP contribution in [0.15, 0.2) is 12.4 Å². The molecule has 1 unspecified atom stereocenters. The molecule has 1 fully saturated rings. The number of aryl methyl sites for hydroxylation is 1. The summed E-state index contributed by atoms with van der Waals surface area (Å²) in [6.07, 6.45) is 9.23. The van der Waals surface area contributed by atoms with Crippen molar-refractivity contribution in [2.75, 3.05) is 19.6 Å². The summed E-state index contributed by atoms with van der Waals surface area (Å²) in [7, 11) is 0. The molecule has 2 heterocycles. The summed E-state index contributed by atoms with van der Waals surface area (Å²) >= 11 is 0. The maximum absolute atomic E-state index is 10.9. The first-order valence-corrected chi connectivity index (χ1v) is 7.65. The molecule has 0 aromatic carbocycles. The number of unbranched alkanes of at least 4 members (excludes halogenated alkanes) is 2. The highest BCUT2D eigenvalue weighted by Gasteiger charge is 2.25. The molecule has 0 aliphatic carbocycles. The van der Waals surface area contributed by atoms with Crippen molar-refractivity contribution < 1.29 is 9.53 Å². The Morgan fingerprint density at radius 1 is 1.43 bits per heavy atom. The zero-order valence-corrected chi connectivity index (χ0v) is 12.6. The molecule has 6 heteroatoms. The molecule has 116 valence electrons. The molecule has 1 aromatic heterocycles. The van der Waals surface area contributed by atoms with Crippen molar-refractivity contribution >= 4 is 5.91 Å². The van der Waals surface area contributed by atoms with Crippen molar-refractivity contribution in [3.8, 4) is 6.01 Å². The summed E-state index contributed by atoms with van der Waals surface area (Å²) in [6, 6.07) is 0.417. The maximum Gasteiger partial charge on any atom is 0.316 e. The number of likely N-dealkylation sites (tertiary alicyclic amines) is 1. The fourth-order valence-electron chi connectivity index (χ4n) is 2.52. The molecule has 1 aromatic rings. The summed E-state index contributed by atoms with van der Waals surface area (Å²) in [4.78, 5) is 21.4. The predicted octanol–water partition coefficient (Wildman–Crippen LogP) is 1.15. The van der Waals surface area contributed by atoms with Crippen LogP contribution in [0.5, 0.6) is 6.01 Å². The molecule has 0 saturated carbocycles. The summed E-state index contributed by atoms with van der Waals surface area (Å²) in [5.74, 6) is -0.302. The van der Waals surface area contributed by atoms with Crippen LogP contribution in [0.4, 0.5) is 0 Å². The fourth-order valence-corrected chi connectivity index (χ4v) is 2.52. The van der Waals surface area contributed by atoms with Gasteiger partial charge in [-0.25, -0.2) is 9.97 Å². The standard InChI is InChI=1S/C15H24N4O2/c1-2-3-4-5-12-8-17-15(18-9-12)21-13-6-7-19(10-13)11-14(16)20/h8-9,13H,2-7,10-11H2,1H3,(H2,16,20). The zero-order valence-electron chi connectivity index (χ0n) is 12.6. The second-order valence-electron chi connectivity index (χ2n) is 5.56. The summed E-state index contributed by atoms with van der Waals surface area (Å²) in [6.45, 7) is 4.00. The van der Waals surface area contributed by atoms with E-state index in [9.17, 15) is 4.79 Å². The quantitative estimate of drug-likeness (QED) is 0.727. The molecular weight excluding hydrogens is 268 g/mol. The van der Waals surface area contributed by atoms with Crippen molar-refractivity contribution in [2.45, 2.75) is 45.1 Å². The first kappa shape index (κ1) is 15.7. The summed E-state index contributed by atoms with van der Waals surface area (Å²) in [5, 5.41) is 0.